The maximum atomic E-state index is 13.0. The maximum Gasteiger partial charge on any atom is 0.402 e. The van der Waals surface area contributed by atoms with Crippen LogP contribution in [0.3, 0.4) is 0 Å². The van der Waals surface area contributed by atoms with E-state index in [-0.39, 0.29) is 6.42 Å². The Kier molecular flexibility index (Phi) is 3.32. The highest BCUT2D eigenvalue weighted by Crippen LogP contribution is 2.50. The Morgan fingerprint density at radius 2 is 2.00 bits per heavy atom. The predicted molar refractivity (Wildman–Crippen MR) is 61.8 cm³/mol. The molecule has 0 radical (unpaired) electrons. The lowest BCUT2D eigenvalue weighted by Crippen LogP contribution is -2.43. The predicted octanol–water partition coefficient (Wildman–Crippen LogP) is -1.11. The molecule has 9 nitrogen and oxygen atoms in total. The van der Waals surface area contributed by atoms with E-state index >= 15 is 0 Å². The zero-order chi connectivity index (χ0) is 16.5. The normalized spacial score (nSPS) is 39.1. The summed E-state index contributed by atoms with van der Waals surface area (Å²) in [6, 6.07) is 0. The van der Waals surface area contributed by atoms with Crippen LogP contribution in [0.2, 0.25) is 0 Å². The van der Waals surface area contributed by atoms with Crippen molar-refractivity contribution in [2.45, 2.75) is 35.2 Å². The Balaban J connectivity index is 1.75. The second-order valence-corrected chi connectivity index (χ2v) is 8.48. The van der Waals surface area contributed by atoms with Gasteiger partial charge in [-0.1, -0.05) is 0 Å². The molecular weight excluding hydrogens is 354 g/mol. The summed E-state index contributed by atoms with van der Waals surface area (Å²) in [7, 11) is -9.84. The van der Waals surface area contributed by atoms with Crippen LogP contribution in [0.15, 0.2) is 0 Å². The van der Waals surface area contributed by atoms with E-state index in [4.69, 9.17) is 13.5 Å². The van der Waals surface area contributed by atoms with Gasteiger partial charge in [-0.2, -0.15) is 25.6 Å². The van der Waals surface area contributed by atoms with Crippen molar-refractivity contribution in [1.29, 1.82) is 0 Å². The van der Waals surface area contributed by atoms with Crippen molar-refractivity contribution in [3.63, 3.8) is 0 Å². The number of carbonyl (C=O) groups is 1. The van der Waals surface area contributed by atoms with Crippen LogP contribution in [-0.4, -0.2) is 62.8 Å². The van der Waals surface area contributed by atoms with Gasteiger partial charge in [0.05, 0.1) is 6.10 Å². The number of rotatable bonds is 4. The number of esters is 1. The molecule has 0 aromatic heterocycles. The van der Waals surface area contributed by atoms with Gasteiger partial charge in [0.25, 0.3) is 10.1 Å². The van der Waals surface area contributed by atoms with Gasteiger partial charge in [-0.25, -0.2) is 0 Å². The molecule has 22 heavy (non-hydrogen) atoms. The standard InChI is InChI=1S/C9H10F2O9S2/c10-9(11,22(15,16)17)2-18-8(12)5-3-1-4-6(19-3)7(5)21(13,14)20-4/h3-7H,1-2H2,(H,15,16,17). The van der Waals surface area contributed by atoms with Crippen molar-refractivity contribution in [3.8, 4) is 0 Å². The Morgan fingerprint density at radius 1 is 1.36 bits per heavy atom. The summed E-state index contributed by atoms with van der Waals surface area (Å²) in [6.07, 6.45) is -2.34. The number of carbonyl (C=O) groups excluding carboxylic acids is 1. The highest BCUT2D eigenvalue weighted by Gasteiger charge is 2.68. The SMILES string of the molecule is O=C(OCC(F)(F)S(=O)(=O)O)C1C2CC3OS(=O)(=O)C1C3O2. The van der Waals surface area contributed by atoms with E-state index in [2.05, 4.69) is 4.74 Å². The van der Waals surface area contributed by atoms with Crippen LogP contribution < -0.4 is 0 Å². The highest BCUT2D eigenvalue weighted by atomic mass is 32.2. The zero-order valence-corrected chi connectivity index (χ0v) is 12.2. The molecule has 3 heterocycles. The summed E-state index contributed by atoms with van der Waals surface area (Å²) in [5.41, 5.74) is 0. The largest absolute Gasteiger partial charge is 0.458 e. The van der Waals surface area contributed by atoms with Crippen molar-refractivity contribution in [2.24, 2.45) is 5.92 Å². The molecule has 3 aliphatic rings. The van der Waals surface area contributed by atoms with Crippen molar-refractivity contribution >= 4 is 26.2 Å². The molecule has 3 saturated heterocycles. The van der Waals surface area contributed by atoms with Crippen molar-refractivity contribution < 1.29 is 48.6 Å². The number of fused-ring (bicyclic) bond motifs is 1. The lowest BCUT2D eigenvalue weighted by molar-refractivity contribution is -0.156. The van der Waals surface area contributed by atoms with Gasteiger partial charge in [0.15, 0.2) is 6.61 Å². The quantitative estimate of drug-likeness (QED) is 0.374. The molecule has 13 heteroatoms. The van der Waals surface area contributed by atoms with Crippen LogP contribution in [-0.2, 0) is 38.7 Å². The average molecular weight is 364 g/mol. The number of halogens is 2. The van der Waals surface area contributed by atoms with Crippen LogP contribution in [0, 0.1) is 5.92 Å². The van der Waals surface area contributed by atoms with Gasteiger partial charge in [-0.05, 0) is 0 Å². The molecule has 0 amide bonds. The molecule has 5 unspecified atom stereocenters. The first-order valence-electron chi connectivity index (χ1n) is 6.03. The third-order valence-electron chi connectivity index (χ3n) is 3.86. The molecule has 5 atom stereocenters. The molecule has 3 aliphatic heterocycles. The topological polar surface area (TPSA) is 133 Å². The second kappa shape index (κ2) is 4.56. The molecule has 0 saturated carbocycles. The van der Waals surface area contributed by atoms with Crippen molar-refractivity contribution in [2.75, 3.05) is 6.61 Å². The number of hydrogen-bond acceptors (Lipinski definition) is 8. The molecule has 0 aliphatic carbocycles. The molecule has 0 aromatic rings. The summed E-state index contributed by atoms with van der Waals surface area (Å²) in [5, 5.41) is -6.04. The minimum absolute atomic E-state index is 0.0921. The van der Waals surface area contributed by atoms with Crippen molar-refractivity contribution in [3.05, 3.63) is 0 Å². The van der Waals surface area contributed by atoms with Crippen LogP contribution in [0.5, 0.6) is 0 Å². The Bertz CT molecular complexity index is 713. The molecule has 3 fully saturated rings. The van der Waals surface area contributed by atoms with Crippen LogP contribution in [0.4, 0.5) is 8.78 Å². The van der Waals surface area contributed by atoms with Gasteiger partial charge in [0, 0.05) is 6.42 Å². The van der Waals surface area contributed by atoms with E-state index in [1.807, 2.05) is 0 Å². The maximum absolute atomic E-state index is 13.0. The molecule has 0 aromatic carbocycles. The number of ether oxygens (including phenoxy) is 2. The van der Waals surface area contributed by atoms with Crippen molar-refractivity contribution in [1.82, 2.24) is 0 Å². The summed E-state index contributed by atoms with van der Waals surface area (Å²) in [4.78, 5) is 11.9. The summed E-state index contributed by atoms with van der Waals surface area (Å²) in [6.45, 7) is -1.92. The van der Waals surface area contributed by atoms with Crippen LogP contribution >= 0.6 is 0 Å². The van der Waals surface area contributed by atoms with Crippen LogP contribution in [0.1, 0.15) is 6.42 Å². The number of hydrogen-bond donors (Lipinski definition) is 1. The monoisotopic (exact) mass is 364 g/mol. The second-order valence-electron chi connectivity index (χ2n) is 5.21. The average Bonchev–Trinajstić information content (AvgIpc) is 2.94. The Labute approximate surface area is 123 Å². The first kappa shape index (κ1) is 16.0. The van der Waals surface area contributed by atoms with Gasteiger partial charge in [0.1, 0.15) is 23.4 Å². The van der Waals surface area contributed by atoms with Gasteiger partial charge < -0.3 is 9.47 Å². The summed E-state index contributed by atoms with van der Waals surface area (Å²) in [5.74, 6) is -2.71. The summed E-state index contributed by atoms with van der Waals surface area (Å²) >= 11 is 0. The minimum Gasteiger partial charge on any atom is -0.458 e. The van der Waals surface area contributed by atoms with E-state index in [1.165, 1.54) is 0 Å². The van der Waals surface area contributed by atoms with Gasteiger partial charge >= 0.3 is 21.3 Å². The lowest BCUT2D eigenvalue weighted by atomic mass is 9.87. The molecule has 0 spiro atoms. The zero-order valence-electron chi connectivity index (χ0n) is 10.6. The third-order valence-corrected chi connectivity index (χ3v) is 6.48. The van der Waals surface area contributed by atoms with E-state index in [0.29, 0.717) is 0 Å². The van der Waals surface area contributed by atoms with E-state index in [9.17, 15) is 30.4 Å². The van der Waals surface area contributed by atoms with Crippen LogP contribution in [0.25, 0.3) is 0 Å². The van der Waals surface area contributed by atoms with E-state index in [1.54, 1.807) is 0 Å². The van der Waals surface area contributed by atoms with Gasteiger partial charge in [0.2, 0.25) is 0 Å². The fraction of sp³-hybridized carbons (Fsp3) is 0.889. The molecule has 126 valence electrons. The van der Waals surface area contributed by atoms with Gasteiger partial charge in [-0.3, -0.25) is 13.5 Å². The first-order valence-corrected chi connectivity index (χ1v) is 8.94. The first-order chi connectivity index (χ1) is 9.94. The summed E-state index contributed by atoms with van der Waals surface area (Å²) < 4.78 is 92.9. The fourth-order valence-corrected chi connectivity index (χ4v) is 5.01. The Morgan fingerprint density at radius 3 is 2.59 bits per heavy atom. The minimum atomic E-state index is -5.75. The van der Waals surface area contributed by atoms with Gasteiger partial charge in [-0.15, -0.1) is 0 Å². The molecule has 2 bridgehead atoms. The molecular formula is C9H10F2O9S2. The van der Waals surface area contributed by atoms with E-state index < -0.39 is 67.5 Å². The van der Waals surface area contributed by atoms with E-state index in [0.717, 1.165) is 0 Å². The Hall–Kier alpha value is -0.890. The smallest absolute Gasteiger partial charge is 0.402 e. The lowest BCUT2D eigenvalue weighted by Gasteiger charge is -2.21. The molecule has 1 N–H and O–H groups in total. The number of alkyl halides is 2. The molecule has 3 rings (SSSR count). The highest BCUT2D eigenvalue weighted by molar-refractivity contribution is 7.87. The third kappa shape index (κ3) is 2.22. The fourth-order valence-electron chi connectivity index (χ4n) is 2.93.